The second-order valence-electron chi connectivity index (χ2n) is 1.99. The van der Waals surface area contributed by atoms with Gasteiger partial charge in [-0.15, -0.1) is 0 Å². The van der Waals surface area contributed by atoms with Crippen LogP contribution in [0.1, 0.15) is 5.56 Å². The Kier molecular flexibility index (Phi) is 4.33. The lowest BCUT2D eigenvalue weighted by Gasteiger charge is -2.04. The van der Waals surface area contributed by atoms with Crippen LogP contribution in [0.3, 0.4) is 0 Å². The number of aliphatic hydroxyl groups excluding tert-OH is 1. The molecule has 11 heavy (non-hydrogen) atoms. The molecule has 60 valence electrons. The molecule has 1 nitrogen and oxygen atoms in total. The summed E-state index contributed by atoms with van der Waals surface area (Å²) in [5.74, 6) is 0. The summed E-state index contributed by atoms with van der Waals surface area (Å²) in [5, 5.41) is 8.92. The Morgan fingerprint density at radius 3 is 2.27 bits per heavy atom. The summed E-state index contributed by atoms with van der Waals surface area (Å²) in [5.41, 5.74) is 1.01. The van der Waals surface area contributed by atoms with Gasteiger partial charge in [0.15, 0.2) is 0 Å². The lowest BCUT2D eigenvalue weighted by molar-refractivity contribution is 0.281. The van der Waals surface area contributed by atoms with E-state index in [2.05, 4.69) is 67.8 Å². The Bertz CT molecular complexity index is 273. The van der Waals surface area contributed by atoms with E-state index < -0.39 is 0 Å². The van der Waals surface area contributed by atoms with Crippen LogP contribution in [0.15, 0.2) is 12.1 Å². The largest absolute Gasteiger partial charge is 0.392 e. The van der Waals surface area contributed by atoms with E-state index in [-0.39, 0.29) is 6.61 Å². The van der Waals surface area contributed by atoms with Crippen LogP contribution in [-0.2, 0) is 6.61 Å². The minimum absolute atomic E-state index is 0.130. The number of hydrogen-bond donors (Lipinski definition) is 1. The predicted molar refractivity (Wildman–Crippen MR) is 70.5 cm³/mol. The predicted octanol–water partition coefficient (Wildman–Crippen LogP) is 2.99. The molecular formula is C7H5I3O. The van der Waals surface area contributed by atoms with E-state index in [1.165, 1.54) is 7.14 Å². The zero-order chi connectivity index (χ0) is 8.43. The Morgan fingerprint density at radius 2 is 1.73 bits per heavy atom. The fourth-order valence-electron chi connectivity index (χ4n) is 0.688. The van der Waals surface area contributed by atoms with Crippen molar-refractivity contribution < 1.29 is 5.11 Å². The van der Waals surface area contributed by atoms with E-state index >= 15 is 0 Å². The van der Waals surface area contributed by atoms with Gasteiger partial charge in [0.05, 0.1) is 6.61 Å². The van der Waals surface area contributed by atoms with Gasteiger partial charge in [-0.25, -0.2) is 0 Å². The lowest BCUT2D eigenvalue weighted by Crippen LogP contribution is -1.93. The maximum atomic E-state index is 8.92. The summed E-state index contributed by atoms with van der Waals surface area (Å²) >= 11 is 6.84. The summed E-state index contributed by atoms with van der Waals surface area (Å²) in [6, 6.07) is 3.99. The van der Waals surface area contributed by atoms with Gasteiger partial charge in [0.25, 0.3) is 0 Å². The van der Waals surface area contributed by atoms with Crippen molar-refractivity contribution in [2.75, 3.05) is 0 Å². The minimum atomic E-state index is 0.130. The first kappa shape index (κ1) is 10.5. The normalized spacial score (nSPS) is 10.2. The van der Waals surface area contributed by atoms with E-state index in [1.54, 1.807) is 0 Å². The topological polar surface area (TPSA) is 20.2 Å². The zero-order valence-corrected chi connectivity index (χ0v) is 11.9. The molecule has 0 aliphatic carbocycles. The monoisotopic (exact) mass is 486 g/mol. The summed E-state index contributed by atoms with van der Waals surface area (Å²) in [6.07, 6.45) is 0. The van der Waals surface area contributed by atoms with Crippen molar-refractivity contribution in [3.05, 3.63) is 28.4 Å². The van der Waals surface area contributed by atoms with Crippen LogP contribution in [0.4, 0.5) is 0 Å². The SMILES string of the molecule is OCc1ccc(I)c(I)c1I. The van der Waals surface area contributed by atoms with Gasteiger partial charge in [0.2, 0.25) is 0 Å². The first-order chi connectivity index (χ1) is 5.16. The van der Waals surface area contributed by atoms with Gasteiger partial charge in [-0.3, -0.25) is 0 Å². The highest BCUT2D eigenvalue weighted by atomic mass is 127. The molecule has 1 N–H and O–H groups in total. The van der Waals surface area contributed by atoms with Crippen molar-refractivity contribution in [3.63, 3.8) is 0 Å². The maximum absolute atomic E-state index is 8.92. The fourth-order valence-corrected chi connectivity index (χ4v) is 2.82. The van der Waals surface area contributed by atoms with Crippen molar-refractivity contribution in [2.24, 2.45) is 0 Å². The molecule has 0 atom stereocenters. The average Bonchev–Trinajstić information content (AvgIpc) is 2.01. The maximum Gasteiger partial charge on any atom is 0.0692 e. The van der Waals surface area contributed by atoms with E-state index in [1.807, 2.05) is 12.1 Å². The van der Waals surface area contributed by atoms with Crippen molar-refractivity contribution >= 4 is 67.8 Å². The smallest absolute Gasteiger partial charge is 0.0692 e. The highest BCUT2D eigenvalue weighted by Gasteiger charge is 2.05. The zero-order valence-electron chi connectivity index (χ0n) is 5.44. The fraction of sp³-hybridized carbons (Fsp3) is 0.143. The third-order valence-electron chi connectivity index (χ3n) is 1.29. The molecule has 0 amide bonds. The van der Waals surface area contributed by atoms with Gasteiger partial charge < -0.3 is 5.11 Å². The summed E-state index contributed by atoms with van der Waals surface area (Å²) in [4.78, 5) is 0. The van der Waals surface area contributed by atoms with Gasteiger partial charge in [-0.1, -0.05) is 6.07 Å². The second-order valence-corrected chi connectivity index (χ2v) is 5.31. The molecule has 0 heterocycles. The first-order valence-corrected chi connectivity index (χ1v) is 6.13. The summed E-state index contributed by atoms with van der Waals surface area (Å²) in [6.45, 7) is 0.130. The van der Waals surface area contributed by atoms with Crippen molar-refractivity contribution in [1.82, 2.24) is 0 Å². The molecule has 0 radical (unpaired) electrons. The molecule has 0 fully saturated rings. The van der Waals surface area contributed by atoms with E-state index in [4.69, 9.17) is 5.11 Å². The summed E-state index contributed by atoms with van der Waals surface area (Å²) in [7, 11) is 0. The molecule has 1 aromatic carbocycles. The van der Waals surface area contributed by atoms with Gasteiger partial charge in [-0.05, 0) is 79.4 Å². The molecule has 0 saturated heterocycles. The third kappa shape index (κ3) is 2.41. The van der Waals surface area contributed by atoms with Gasteiger partial charge in [-0.2, -0.15) is 0 Å². The van der Waals surface area contributed by atoms with Crippen molar-refractivity contribution in [1.29, 1.82) is 0 Å². The number of aliphatic hydroxyl groups is 1. The van der Waals surface area contributed by atoms with Crippen LogP contribution >= 0.6 is 67.8 Å². The number of halogens is 3. The van der Waals surface area contributed by atoms with Gasteiger partial charge in [0.1, 0.15) is 0 Å². The van der Waals surface area contributed by atoms with Crippen molar-refractivity contribution in [3.8, 4) is 0 Å². The quantitative estimate of drug-likeness (QED) is 0.479. The highest BCUT2D eigenvalue weighted by molar-refractivity contribution is 14.1. The Labute approximate surface area is 106 Å². The molecule has 0 aliphatic heterocycles. The Hall–Kier alpha value is 1.37. The third-order valence-corrected chi connectivity index (χ3v) is 6.60. The second kappa shape index (κ2) is 4.56. The van der Waals surface area contributed by atoms with E-state index in [9.17, 15) is 0 Å². The van der Waals surface area contributed by atoms with Crippen molar-refractivity contribution in [2.45, 2.75) is 6.61 Å². The molecule has 0 aromatic heterocycles. The van der Waals surface area contributed by atoms with Crippen LogP contribution in [-0.4, -0.2) is 5.11 Å². The van der Waals surface area contributed by atoms with E-state index in [0.717, 1.165) is 9.13 Å². The van der Waals surface area contributed by atoms with Crippen LogP contribution < -0.4 is 0 Å². The van der Waals surface area contributed by atoms with E-state index in [0.29, 0.717) is 0 Å². The van der Waals surface area contributed by atoms with Crippen LogP contribution in [0.5, 0.6) is 0 Å². The van der Waals surface area contributed by atoms with Gasteiger partial charge in [0, 0.05) is 10.7 Å². The van der Waals surface area contributed by atoms with Crippen LogP contribution in [0, 0.1) is 10.7 Å². The summed E-state index contributed by atoms with van der Waals surface area (Å²) < 4.78 is 3.64. The first-order valence-electron chi connectivity index (χ1n) is 2.90. The van der Waals surface area contributed by atoms with Crippen LogP contribution in [0.25, 0.3) is 0 Å². The molecule has 1 aromatic rings. The minimum Gasteiger partial charge on any atom is -0.392 e. The lowest BCUT2D eigenvalue weighted by atomic mass is 10.2. The number of rotatable bonds is 1. The molecule has 1 rings (SSSR count). The molecule has 4 heteroatoms. The standard InChI is InChI=1S/C7H5I3O/c8-5-2-1-4(3-11)6(9)7(5)10/h1-2,11H,3H2. The molecule has 0 saturated carbocycles. The molecule has 0 aliphatic rings. The Balaban J connectivity index is 3.25. The number of benzene rings is 1. The number of hydrogen-bond acceptors (Lipinski definition) is 1. The molecular weight excluding hydrogens is 481 g/mol. The molecule has 0 bridgehead atoms. The van der Waals surface area contributed by atoms with Gasteiger partial charge >= 0.3 is 0 Å². The van der Waals surface area contributed by atoms with Crippen LogP contribution in [0.2, 0.25) is 0 Å². The highest BCUT2D eigenvalue weighted by Crippen LogP contribution is 2.24. The molecule has 0 unspecified atom stereocenters. The Morgan fingerprint density at radius 1 is 1.09 bits per heavy atom. The molecule has 0 spiro atoms. The average molecular weight is 486 g/mol.